The van der Waals surface area contributed by atoms with Gasteiger partial charge in [0, 0.05) is 13.1 Å². The first-order valence-corrected chi connectivity index (χ1v) is 7.47. The highest BCUT2D eigenvalue weighted by molar-refractivity contribution is 5.25. The van der Waals surface area contributed by atoms with E-state index in [4.69, 9.17) is 0 Å². The van der Waals surface area contributed by atoms with E-state index in [9.17, 15) is 5.11 Å². The van der Waals surface area contributed by atoms with Crippen molar-refractivity contribution in [2.75, 3.05) is 13.1 Å². The van der Waals surface area contributed by atoms with Crippen LogP contribution in [0.15, 0.2) is 24.3 Å². The van der Waals surface area contributed by atoms with Gasteiger partial charge in [-0.3, -0.25) is 4.90 Å². The number of aliphatic hydroxyl groups is 1. The van der Waals surface area contributed by atoms with Crippen LogP contribution in [0.5, 0.6) is 0 Å². The maximum Gasteiger partial charge on any atom is 0.0664 e. The summed E-state index contributed by atoms with van der Waals surface area (Å²) >= 11 is 0. The molecule has 0 radical (unpaired) electrons. The van der Waals surface area contributed by atoms with Crippen LogP contribution >= 0.6 is 0 Å². The molecule has 0 aliphatic rings. The van der Waals surface area contributed by atoms with Crippen molar-refractivity contribution < 1.29 is 5.11 Å². The molecule has 0 saturated heterocycles. The fourth-order valence-electron chi connectivity index (χ4n) is 2.13. The molecule has 0 bridgehead atoms. The van der Waals surface area contributed by atoms with Crippen molar-refractivity contribution in [2.24, 2.45) is 5.92 Å². The molecule has 1 unspecified atom stereocenters. The Bertz CT molecular complexity index is 362. The van der Waals surface area contributed by atoms with Crippen LogP contribution in [-0.2, 0) is 6.54 Å². The lowest BCUT2D eigenvalue weighted by Gasteiger charge is -2.26. The van der Waals surface area contributed by atoms with Crippen molar-refractivity contribution in [3.8, 4) is 0 Å². The molecule has 108 valence electrons. The first-order valence-electron chi connectivity index (χ1n) is 7.47. The predicted molar refractivity (Wildman–Crippen MR) is 82.2 cm³/mol. The second-order valence-corrected chi connectivity index (χ2v) is 5.91. The van der Waals surface area contributed by atoms with E-state index in [0.717, 1.165) is 26.1 Å². The highest BCUT2D eigenvalue weighted by Gasteiger charge is 2.12. The van der Waals surface area contributed by atoms with E-state index in [0.29, 0.717) is 5.92 Å². The van der Waals surface area contributed by atoms with Crippen LogP contribution in [0.25, 0.3) is 0 Å². The van der Waals surface area contributed by atoms with E-state index in [1.54, 1.807) is 0 Å². The van der Waals surface area contributed by atoms with Gasteiger partial charge in [-0.05, 0) is 43.4 Å². The third-order valence-corrected chi connectivity index (χ3v) is 3.62. The Morgan fingerprint density at radius 1 is 1.21 bits per heavy atom. The zero-order valence-electron chi connectivity index (χ0n) is 12.9. The maximum absolute atomic E-state index is 9.90. The molecule has 1 atom stereocenters. The second kappa shape index (κ2) is 8.34. The zero-order valence-corrected chi connectivity index (χ0v) is 12.9. The number of benzene rings is 1. The molecule has 0 heterocycles. The SMILES string of the molecule is CCC(O)CN(CCC(C)C)Cc1ccccc1C. The topological polar surface area (TPSA) is 23.5 Å². The van der Waals surface area contributed by atoms with Crippen LogP contribution in [0.4, 0.5) is 0 Å². The second-order valence-electron chi connectivity index (χ2n) is 5.91. The molecule has 0 amide bonds. The molecular weight excluding hydrogens is 234 g/mol. The molecule has 0 saturated carbocycles. The van der Waals surface area contributed by atoms with Crippen LogP contribution in [0.3, 0.4) is 0 Å². The molecule has 1 aromatic rings. The van der Waals surface area contributed by atoms with Gasteiger partial charge in [0.25, 0.3) is 0 Å². The number of nitrogens with zero attached hydrogens (tertiary/aromatic N) is 1. The maximum atomic E-state index is 9.90. The van der Waals surface area contributed by atoms with E-state index >= 15 is 0 Å². The molecule has 19 heavy (non-hydrogen) atoms. The summed E-state index contributed by atoms with van der Waals surface area (Å²) in [6, 6.07) is 8.53. The van der Waals surface area contributed by atoms with E-state index in [2.05, 4.69) is 49.9 Å². The van der Waals surface area contributed by atoms with Crippen LogP contribution in [0, 0.1) is 12.8 Å². The van der Waals surface area contributed by atoms with Gasteiger partial charge in [-0.15, -0.1) is 0 Å². The zero-order chi connectivity index (χ0) is 14.3. The molecule has 0 aromatic heterocycles. The average molecular weight is 263 g/mol. The van der Waals surface area contributed by atoms with Crippen molar-refractivity contribution in [1.82, 2.24) is 4.90 Å². The normalized spacial score (nSPS) is 13.2. The van der Waals surface area contributed by atoms with Crippen LogP contribution in [0.2, 0.25) is 0 Å². The Morgan fingerprint density at radius 3 is 2.47 bits per heavy atom. The molecule has 1 N–H and O–H groups in total. The van der Waals surface area contributed by atoms with Gasteiger partial charge in [-0.1, -0.05) is 45.0 Å². The van der Waals surface area contributed by atoms with Gasteiger partial charge >= 0.3 is 0 Å². The summed E-state index contributed by atoms with van der Waals surface area (Å²) in [4.78, 5) is 2.39. The quantitative estimate of drug-likeness (QED) is 0.774. The lowest BCUT2D eigenvalue weighted by atomic mass is 10.1. The van der Waals surface area contributed by atoms with Gasteiger partial charge in [-0.2, -0.15) is 0 Å². The Balaban J connectivity index is 2.64. The average Bonchev–Trinajstić information content (AvgIpc) is 2.38. The van der Waals surface area contributed by atoms with E-state index in [1.807, 2.05) is 6.92 Å². The molecule has 1 aromatic carbocycles. The fourth-order valence-corrected chi connectivity index (χ4v) is 2.13. The van der Waals surface area contributed by atoms with E-state index in [1.165, 1.54) is 17.5 Å². The Labute approximate surface area is 118 Å². The molecule has 2 heteroatoms. The highest BCUT2D eigenvalue weighted by atomic mass is 16.3. The summed E-state index contributed by atoms with van der Waals surface area (Å²) in [6.45, 7) is 11.5. The number of aliphatic hydroxyl groups excluding tert-OH is 1. The Kier molecular flexibility index (Phi) is 7.11. The van der Waals surface area contributed by atoms with Crippen LogP contribution in [-0.4, -0.2) is 29.2 Å². The molecule has 2 nitrogen and oxygen atoms in total. The minimum atomic E-state index is -0.212. The number of hydrogen-bond donors (Lipinski definition) is 1. The minimum Gasteiger partial charge on any atom is -0.392 e. The third kappa shape index (κ3) is 6.22. The number of rotatable bonds is 8. The van der Waals surface area contributed by atoms with Gasteiger partial charge < -0.3 is 5.11 Å². The van der Waals surface area contributed by atoms with Crippen molar-refractivity contribution >= 4 is 0 Å². The monoisotopic (exact) mass is 263 g/mol. The lowest BCUT2D eigenvalue weighted by Crippen LogP contribution is -2.33. The summed E-state index contributed by atoms with van der Waals surface area (Å²) in [5, 5.41) is 9.90. The minimum absolute atomic E-state index is 0.212. The Morgan fingerprint density at radius 2 is 1.89 bits per heavy atom. The van der Waals surface area contributed by atoms with E-state index < -0.39 is 0 Å². The third-order valence-electron chi connectivity index (χ3n) is 3.62. The molecule has 0 aliphatic carbocycles. The number of aryl methyl sites for hydroxylation is 1. The van der Waals surface area contributed by atoms with Crippen molar-refractivity contribution in [2.45, 2.75) is 53.2 Å². The van der Waals surface area contributed by atoms with Gasteiger partial charge in [-0.25, -0.2) is 0 Å². The summed E-state index contributed by atoms with van der Waals surface area (Å²) in [5.41, 5.74) is 2.71. The van der Waals surface area contributed by atoms with Crippen LogP contribution < -0.4 is 0 Å². The lowest BCUT2D eigenvalue weighted by molar-refractivity contribution is 0.102. The highest BCUT2D eigenvalue weighted by Crippen LogP contribution is 2.13. The molecule has 0 fully saturated rings. The smallest absolute Gasteiger partial charge is 0.0664 e. The van der Waals surface area contributed by atoms with Crippen molar-refractivity contribution in [3.05, 3.63) is 35.4 Å². The summed E-state index contributed by atoms with van der Waals surface area (Å²) in [6.07, 6.45) is 1.80. The molecule has 0 aliphatic heterocycles. The first-order chi connectivity index (χ1) is 9.02. The summed E-state index contributed by atoms with van der Waals surface area (Å²) in [7, 11) is 0. The Hall–Kier alpha value is -0.860. The van der Waals surface area contributed by atoms with Gasteiger partial charge in [0.2, 0.25) is 0 Å². The van der Waals surface area contributed by atoms with Gasteiger partial charge in [0.1, 0.15) is 0 Å². The van der Waals surface area contributed by atoms with Gasteiger partial charge in [0.15, 0.2) is 0 Å². The molecule has 1 rings (SSSR count). The van der Waals surface area contributed by atoms with Gasteiger partial charge in [0.05, 0.1) is 6.10 Å². The van der Waals surface area contributed by atoms with Crippen molar-refractivity contribution in [1.29, 1.82) is 0 Å². The van der Waals surface area contributed by atoms with Crippen molar-refractivity contribution in [3.63, 3.8) is 0 Å². The summed E-state index contributed by atoms with van der Waals surface area (Å²) in [5.74, 6) is 0.707. The summed E-state index contributed by atoms with van der Waals surface area (Å²) < 4.78 is 0. The fraction of sp³-hybridized carbons (Fsp3) is 0.647. The number of hydrogen-bond acceptors (Lipinski definition) is 2. The van der Waals surface area contributed by atoms with Crippen LogP contribution in [0.1, 0.15) is 44.7 Å². The standard InChI is InChI=1S/C17H29NO/c1-5-17(19)13-18(11-10-14(2)3)12-16-9-7-6-8-15(16)4/h6-9,14,17,19H,5,10-13H2,1-4H3. The van der Waals surface area contributed by atoms with E-state index in [-0.39, 0.29) is 6.10 Å². The molecular formula is C17H29NO. The first kappa shape index (κ1) is 16.2. The largest absolute Gasteiger partial charge is 0.392 e. The molecule has 0 spiro atoms. The predicted octanol–water partition coefficient (Wildman–Crippen LogP) is 3.61.